The second-order valence-corrected chi connectivity index (χ2v) is 7.51. The average Bonchev–Trinajstić information content (AvgIpc) is 3.03. The second-order valence-electron chi connectivity index (χ2n) is 5.72. The fraction of sp³-hybridized carbons (Fsp3) is 0.0526. The number of aryl methyl sites for hydroxylation is 1. The molecule has 25 heavy (non-hydrogen) atoms. The van der Waals surface area contributed by atoms with E-state index in [2.05, 4.69) is 9.97 Å². The summed E-state index contributed by atoms with van der Waals surface area (Å²) in [4.78, 5) is 9.01. The molecule has 0 saturated carbocycles. The largest absolute Gasteiger partial charge is 0.270 e. The van der Waals surface area contributed by atoms with Crippen LogP contribution in [-0.4, -0.2) is 22.4 Å². The number of nitrogens with zero attached hydrogens (tertiary/aromatic N) is 3. The van der Waals surface area contributed by atoms with Gasteiger partial charge in [0, 0.05) is 6.20 Å². The van der Waals surface area contributed by atoms with Crippen LogP contribution in [0.3, 0.4) is 0 Å². The lowest BCUT2D eigenvalue weighted by Crippen LogP contribution is -2.14. The Morgan fingerprint density at radius 2 is 1.60 bits per heavy atom. The van der Waals surface area contributed by atoms with E-state index in [0.29, 0.717) is 22.6 Å². The molecule has 0 saturated heterocycles. The molecule has 0 amide bonds. The molecule has 0 atom stereocenters. The summed E-state index contributed by atoms with van der Waals surface area (Å²) < 4.78 is 27.9. The molecule has 2 heterocycles. The molecule has 6 heteroatoms. The Hall–Kier alpha value is -2.99. The molecular formula is C19H15N3O2S. The van der Waals surface area contributed by atoms with Gasteiger partial charge in [-0.2, -0.15) is 0 Å². The molecule has 0 unspecified atom stereocenters. The predicted molar refractivity (Wildman–Crippen MR) is 96.7 cm³/mol. The normalized spacial score (nSPS) is 11.7. The quantitative estimate of drug-likeness (QED) is 0.566. The Balaban J connectivity index is 2.05. The number of hydrogen-bond donors (Lipinski definition) is 0. The molecule has 0 aliphatic carbocycles. The van der Waals surface area contributed by atoms with Gasteiger partial charge in [-0.15, -0.1) is 0 Å². The van der Waals surface area contributed by atoms with E-state index >= 15 is 0 Å². The SMILES string of the molecule is Cc1ccc(S(=O)(=O)n2c(-c3ccccn3)nc3ccccc32)cc1. The summed E-state index contributed by atoms with van der Waals surface area (Å²) in [5, 5.41) is 0. The zero-order valence-corrected chi connectivity index (χ0v) is 14.3. The van der Waals surface area contributed by atoms with E-state index in [1.807, 2.05) is 19.1 Å². The molecule has 2 aromatic carbocycles. The lowest BCUT2D eigenvalue weighted by atomic mass is 10.2. The molecule has 5 nitrogen and oxygen atoms in total. The van der Waals surface area contributed by atoms with Gasteiger partial charge in [0.1, 0.15) is 5.69 Å². The van der Waals surface area contributed by atoms with Crippen molar-refractivity contribution in [3.63, 3.8) is 0 Å². The number of benzene rings is 2. The minimum atomic E-state index is -3.80. The summed E-state index contributed by atoms with van der Waals surface area (Å²) in [5.41, 5.74) is 2.65. The Labute approximate surface area is 145 Å². The van der Waals surface area contributed by atoms with Gasteiger partial charge in [-0.05, 0) is 43.3 Å². The highest BCUT2D eigenvalue weighted by molar-refractivity contribution is 7.90. The average molecular weight is 349 g/mol. The highest BCUT2D eigenvalue weighted by Crippen LogP contribution is 2.28. The molecule has 0 fully saturated rings. The maximum atomic E-state index is 13.3. The van der Waals surface area contributed by atoms with Gasteiger partial charge in [-0.3, -0.25) is 4.98 Å². The summed E-state index contributed by atoms with van der Waals surface area (Å²) in [6.07, 6.45) is 1.62. The van der Waals surface area contributed by atoms with Gasteiger partial charge in [0.15, 0.2) is 5.82 Å². The van der Waals surface area contributed by atoms with Gasteiger partial charge in [-0.25, -0.2) is 17.4 Å². The molecule has 2 aromatic heterocycles. The van der Waals surface area contributed by atoms with Crippen LogP contribution in [0.15, 0.2) is 77.8 Å². The zero-order chi connectivity index (χ0) is 17.4. The Morgan fingerprint density at radius 3 is 2.32 bits per heavy atom. The van der Waals surface area contributed by atoms with Gasteiger partial charge < -0.3 is 0 Å². The fourth-order valence-electron chi connectivity index (χ4n) is 2.72. The number of para-hydroxylation sites is 2. The van der Waals surface area contributed by atoms with Crippen molar-refractivity contribution in [3.8, 4) is 11.5 Å². The Kier molecular flexibility index (Phi) is 3.62. The smallest absolute Gasteiger partial charge is 0.253 e. The zero-order valence-electron chi connectivity index (χ0n) is 13.5. The van der Waals surface area contributed by atoms with Crippen molar-refractivity contribution in [1.82, 2.24) is 13.9 Å². The molecule has 0 N–H and O–H groups in total. The molecule has 0 aliphatic heterocycles. The number of rotatable bonds is 3. The minimum Gasteiger partial charge on any atom is -0.253 e. The molecule has 0 radical (unpaired) electrons. The second kappa shape index (κ2) is 5.82. The van der Waals surface area contributed by atoms with Crippen LogP contribution >= 0.6 is 0 Å². The molecule has 4 rings (SSSR count). The summed E-state index contributed by atoms with van der Waals surface area (Å²) in [7, 11) is -3.80. The molecule has 124 valence electrons. The summed E-state index contributed by atoms with van der Waals surface area (Å²) >= 11 is 0. The van der Waals surface area contributed by atoms with Crippen molar-refractivity contribution in [1.29, 1.82) is 0 Å². The Morgan fingerprint density at radius 1 is 0.880 bits per heavy atom. The first-order valence-electron chi connectivity index (χ1n) is 7.78. The summed E-state index contributed by atoms with van der Waals surface area (Å²) in [6.45, 7) is 1.92. The van der Waals surface area contributed by atoms with Crippen molar-refractivity contribution >= 4 is 21.1 Å². The van der Waals surface area contributed by atoms with Crippen LogP contribution in [0.25, 0.3) is 22.6 Å². The van der Waals surface area contributed by atoms with Gasteiger partial charge in [0.25, 0.3) is 10.0 Å². The summed E-state index contributed by atoms with van der Waals surface area (Å²) in [6, 6.07) is 19.3. The monoisotopic (exact) mass is 349 g/mol. The van der Waals surface area contributed by atoms with Crippen LogP contribution in [0.4, 0.5) is 0 Å². The van der Waals surface area contributed by atoms with Crippen molar-refractivity contribution in [2.75, 3.05) is 0 Å². The van der Waals surface area contributed by atoms with Crippen LogP contribution in [0, 0.1) is 6.92 Å². The summed E-state index contributed by atoms with van der Waals surface area (Å²) in [5.74, 6) is 0.308. The minimum absolute atomic E-state index is 0.221. The first-order valence-corrected chi connectivity index (χ1v) is 9.22. The van der Waals surface area contributed by atoms with Crippen LogP contribution < -0.4 is 0 Å². The third-order valence-electron chi connectivity index (χ3n) is 3.97. The van der Waals surface area contributed by atoms with Gasteiger partial charge >= 0.3 is 0 Å². The first-order chi connectivity index (χ1) is 12.1. The van der Waals surface area contributed by atoms with E-state index in [9.17, 15) is 8.42 Å². The number of fused-ring (bicyclic) bond motifs is 1. The number of pyridine rings is 1. The lowest BCUT2D eigenvalue weighted by molar-refractivity contribution is 0.589. The molecular weight excluding hydrogens is 334 g/mol. The van der Waals surface area contributed by atoms with Crippen LogP contribution in [0.2, 0.25) is 0 Å². The predicted octanol–water partition coefficient (Wildman–Crippen LogP) is 3.64. The standard InChI is InChI=1S/C19H15N3O2S/c1-14-9-11-15(12-10-14)25(23,24)22-18-8-3-2-6-16(18)21-19(22)17-7-4-5-13-20-17/h2-13H,1H3. The van der Waals surface area contributed by atoms with Gasteiger partial charge in [0.2, 0.25) is 0 Å². The lowest BCUT2D eigenvalue weighted by Gasteiger charge is -2.10. The third kappa shape index (κ3) is 2.60. The maximum Gasteiger partial charge on any atom is 0.270 e. The molecule has 4 aromatic rings. The van der Waals surface area contributed by atoms with Crippen LogP contribution in [-0.2, 0) is 10.0 Å². The van der Waals surface area contributed by atoms with E-state index in [4.69, 9.17) is 0 Å². The van der Waals surface area contributed by atoms with E-state index in [0.717, 1.165) is 5.56 Å². The fourth-order valence-corrected chi connectivity index (χ4v) is 4.19. The van der Waals surface area contributed by atoms with Crippen molar-refractivity contribution in [2.24, 2.45) is 0 Å². The van der Waals surface area contributed by atoms with E-state index in [-0.39, 0.29) is 4.90 Å². The number of imidazole rings is 1. The first kappa shape index (κ1) is 15.5. The van der Waals surface area contributed by atoms with Crippen molar-refractivity contribution in [2.45, 2.75) is 11.8 Å². The number of aromatic nitrogens is 3. The number of hydrogen-bond acceptors (Lipinski definition) is 4. The van der Waals surface area contributed by atoms with E-state index < -0.39 is 10.0 Å². The van der Waals surface area contributed by atoms with Crippen LogP contribution in [0.5, 0.6) is 0 Å². The van der Waals surface area contributed by atoms with Gasteiger partial charge in [0.05, 0.1) is 15.9 Å². The highest BCUT2D eigenvalue weighted by atomic mass is 32.2. The molecule has 0 spiro atoms. The van der Waals surface area contributed by atoms with E-state index in [1.54, 1.807) is 60.8 Å². The Bertz CT molecular complexity index is 1150. The third-order valence-corrected chi connectivity index (χ3v) is 5.69. The highest BCUT2D eigenvalue weighted by Gasteiger charge is 2.25. The maximum absolute atomic E-state index is 13.3. The van der Waals surface area contributed by atoms with E-state index in [1.165, 1.54) is 3.97 Å². The van der Waals surface area contributed by atoms with Crippen LogP contribution in [0.1, 0.15) is 5.56 Å². The van der Waals surface area contributed by atoms with Crippen molar-refractivity contribution < 1.29 is 8.42 Å². The topological polar surface area (TPSA) is 64.8 Å². The van der Waals surface area contributed by atoms with Gasteiger partial charge in [-0.1, -0.05) is 35.9 Å². The van der Waals surface area contributed by atoms with Crippen molar-refractivity contribution in [3.05, 3.63) is 78.5 Å². The molecule has 0 aliphatic rings. The molecule has 0 bridgehead atoms.